The zero-order chi connectivity index (χ0) is 22.7. The van der Waals surface area contributed by atoms with E-state index in [2.05, 4.69) is 6.92 Å². The topological polar surface area (TPSA) is 66.4 Å². The minimum absolute atomic E-state index is 0.154. The summed E-state index contributed by atoms with van der Waals surface area (Å²) in [5.74, 6) is 1.30. The van der Waals surface area contributed by atoms with E-state index in [-0.39, 0.29) is 17.7 Å². The summed E-state index contributed by atoms with van der Waals surface area (Å²) >= 11 is 0. The molecule has 2 fully saturated rings. The summed E-state index contributed by atoms with van der Waals surface area (Å²) in [7, 11) is 0. The Labute approximate surface area is 191 Å². The van der Waals surface area contributed by atoms with Gasteiger partial charge in [0.1, 0.15) is 5.82 Å². The molecule has 170 valence electrons. The Bertz CT molecular complexity index is 957. The van der Waals surface area contributed by atoms with Gasteiger partial charge in [-0.1, -0.05) is 29.8 Å². The van der Waals surface area contributed by atoms with E-state index in [1.807, 2.05) is 47.9 Å². The van der Waals surface area contributed by atoms with Gasteiger partial charge >= 0.3 is 0 Å². The van der Waals surface area contributed by atoms with Gasteiger partial charge in [-0.25, -0.2) is 9.97 Å². The van der Waals surface area contributed by atoms with Crippen LogP contribution in [0.2, 0.25) is 0 Å². The van der Waals surface area contributed by atoms with Gasteiger partial charge in [0.25, 0.3) is 0 Å². The second-order valence-corrected chi connectivity index (χ2v) is 9.34. The molecule has 2 saturated heterocycles. The van der Waals surface area contributed by atoms with Gasteiger partial charge in [0.05, 0.1) is 12.8 Å². The molecule has 3 heterocycles. The maximum atomic E-state index is 12.8. The van der Waals surface area contributed by atoms with E-state index in [9.17, 15) is 9.59 Å². The summed E-state index contributed by atoms with van der Waals surface area (Å²) in [4.78, 5) is 39.0. The Hall–Kier alpha value is -2.76. The third kappa shape index (κ3) is 5.17. The van der Waals surface area contributed by atoms with Crippen LogP contribution in [-0.4, -0.2) is 57.8 Å². The number of nitrogens with zero attached hydrogens (tertiary/aromatic N) is 4. The number of carbonyl (C=O) groups is 2. The molecule has 0 aliphatic carbocycles. The number of aromatic nitrogens is 2. The Balaban J connectivity index is 1.39. The van der Waals surface area contributed by atoms with Gasteiger partial charge in [0.2, 0.25) is 11.8 Å². The second-order valence-electron chi connectivity index (χ2n) is 9.34. The van der Waals surface area contributed by atoms with Crippen LogP contribution in [-0.2, 0) is 22.4 Å². The minimum atomic E-state index is 0.154. The van der Waals surface area contributed by atoms with E-state index < -0.39 is 0 Å². The number of piperidine rings is 1. The first-order valence-electron chi connectivity index (χ1n) is 11.9. The van der Waals surface area contributed by atoms with Gasteiger partial charge < -0.3 is 9.80 Å². The molecule has 2 aliphatic rings. The van der Waals surface area contributed by atoms with Gasteiger partial charge in [-0.2, -0.15) is 0 Å². The lowest BCUT2D eigenvalue weighted by Crippen LogP contribution is -2.37. The van der Waals surface area contributed by atoms with Crippen molar-refractivity contribution in [1.82, 2.24) is 19.8 Å². The molecule has 0 N–H and O–H groups in total. The highest BCUT2D eigenvalue weighted by atomic mass is 16.2. The summed E-state index contributed by atoms with van der Waals surface area (Å²) in [6.45, 7) is 9.14. The Morgan fingerprint density at radius 2 is 1.47 bits per heavy atom. The zero-order valence-corrected chi connectivity index (χ0v) is 19.6. The molecule has 0 saturated carbocycles. The molecule has 2 aliphatic heterocycles. The van der Waals surface area contributed by atoms with E-state index in [0.29, 0.717) is 19.4 Å². The molecule has 2 aromatic rings. The third-order valence-electron chi connectivity index (χ3n) is 6.86. The van der Waals surface area contributed by atoms with E-state index in [4.69, 9.17) is 9.97 Å². The summed E-state index contributed by atoms with van der Waals surface area (Å²) in [6.07, 6.45) is 5.10. The first-order valence-corrected chi connectivity index (χ1v) is 11.9. The number of rotatable bonds is 5. The fourth-order valence-electron chi connectivity index (χ4n) is 4.80. The number of carbonyl (C=O) groups excluding carboxylic acids is 2. The molecule has 1 aromatic carbocycles. The largest absolute Gasteiger partial charge is 0.342 e. The quantitative estimate of drug-likeness (QED) is 0.722. The van der Waals surface area contributed by atoms with Crippen molar-refractivity contribution in [2.45, 2.75) is 65.2 Å². The SMILES string of the molecule is Cc1ccc(CC(=O)N2CC[C@@H](c3nc(C)c(CC(=O)N4CCCCC4)c(C)n3)C2)cc1. The van der Waals surface area contributed by atoms with Gasteiger partial charge in [-0.3, -0.25) is 9.59 Å². The van der Waals surface area contributed by atoms with E-state index in [1.165, 1.54) is 12.0 Å². The Morgan fingerprint density at radius 1 is 0.844 bits per heavy atom. The molecular formula is C26H34N4O2. The fourth-order valence-corrected chi connectivity index (χ4v) is 4.80. The lowest BCUT2D eigenvalue weighted by molar-refractivity contribution is -0.131. The molecule has 0 spiro atoms. The van der Waals surface area contributed by atoms with Crippen LogP contribution >= 0.6 is 0 Å². The molecule has 6 heteroatoms. The average Bonchev–Trinajstić information content (AvgIpc) is 3.29. The predicted octanol–water partition coefficient (Wildman–Crippen LogP) is 3.52. The first kappa shape index (κ1) is 22.4. The van der Waals surface area contributed by atoms with Crippen molar-refractivity contribution in [3.05, 3.63) is 58.2 Å². The van der Waals surface area contributed by atoms with Crippen molar-refractivity contribution in [3.63, 3.8) is 0 Å². The van der Waals surface area contributed by atoms with Crippen LogP contribution in [0.4, 0.5) is 0 Å². The highest BCUT2D eigenvalue weighted by Gasteiger charge is 2.30. The van der Waals surface area contributed by atoms with Gasteiger partial charge in [-0.15, -0.1) is 0 Å². The normalized spacial score (nSPS) is 18.8. The first-order chi connectivity index (χ1) is 15.4. The highest BCUT2D eigenvalue weighted by molar-refractivity contribution is 5.80. The molecule has 1 aromatic heterocycles. The number of amides is 2. The molecular weight excluding hydrogens is 400 g/mol. The molecule has 2 amide bonds. The maximum Gasteiger partial charge on any atom is 0.227 e. The van der Waals surface area contributed by atoms with Crippen LogP contribution in [0.1, 0.15) is 65.5 Å². The van der Waals surface area contributed by atoms with Gasteiger partial charge in [0.15, 0.2) is 0 Å². The van der Waals surface area contributed by atoms with Crippen LogP contribution in [0.25, 0.3) is 0 Å². The monoisotopic (exact) mass is 434 g/mol. The van der Waals surface area contributed by atoms with Crippen molar-refractivity contribution < 1.29 is 9.59 Å². The maximum absolute atomic E-state index is 12.8. The van der Waals surface area contributed by atoms with Crippen molar-refractivity contribution in [1.29, 1.82) is 0 Å². The summed E-state index contributed by atoms with van der Waals surface area (Å²) in [5, 5.41) is 0. The standard InChI is InChI=1S/C26H34N4O2/c1-18-7-9-21(10-8-18)15-24(31)30-14-11-22(17-30)26-27-19(2)23(20(3)28-26)16-25(32)29-12-5-4-6-13-29/h7-10,22H,4-6,11-17H2,1-3H3/t22-/m1/s1. The lowest BCUT2D eigenvalue weighted by Gasteiger charge is -2.27. The summed E-state index contributed by atoms with van der Waals surface area (Å²) < 4.78 is 0. The van der Waals surface area contributed by atoms with E-state index >= 15 is 0 Å². The third-order valence-corrected chi connectivity index (χ3v) is 6.86. The van der Waals surface area contributed by atoms with Crippen LogP contribution in [0, 0.1) is 20.8 Å². The number of hydrogen-bond acceptors (Lipinski definition) is 4. The number of benzene rings is 1. The van der Waals surface area contributed by atoms with Crippen LogP contribution < -0.4 is 0 Å². The number of hydrogen-bond donors (Lipinski definition) is 0. The molecule has 0 unspecified atom stereocenters. The smallest absolute Gasteiger partial charge is 0.227 e. The van der Waals surface area contributed by atoms with Gasteiger partial charge in [-0.05, 0) is 52.0 Å². The molecule has 6 nitrogen and oxygen atoms in total. The van der Waals surface area contributed by atoms with Crippen LogP contribution in [0.5, 0.6) is 0 Å². The predicted molar refractivity (Wildman–Crippen MR) is 124 cm³/mol. The Morgan fingerprint density at radius 3 is 2.12 bits per heavy atom. The molecule has 4 rings (SSSR count). The Kier molecular flexibility index (Phi) is 6.87. The minimum Gasteiger partial charge on any atom is -0.342 e. The van der Waals surface area contributed by atoms with Crippen LogP contribution in [0.15, 0.2) is 24.3 Å². The van der Waals surface area contributed by atoms with Crippen molar-refractivity contribution >= 4 is 11.8 Å². The van der Waals surface area contributed by atoms with Crippen molar-refractivity contribution in [2.75, 3.05) is 26.2 Å². The summed E-state index contributed by atoms with van der Waals surface area (Å²) in [6, 6.07) is 8.15. The summed E-state index contributed by atoms with van der Waals surface area (Å²) in [5.41, 5.74) is 4.99. The molecule has 0 radical (unpaired) electrons. The van der Waals surface area contributed by atoms with E-state index in [1.54, 1.807) is 0 Å². The average molecular weight is 435 g/mol. The number of aryl methyl sites for hydroxylation is 3. The van der Waals surface area contributed by atoms with Crippen molar-refractivity contribution in [3.8, 4) is 0 Å². The molecule has 0 bridgehead atoms. The highest BCUT2D eigenvalue weighted by Crippen LogP contribution is 2.27. The number of likely N-dealkylation sites (tertiary alicyclic amines) is 2. The van der Waals surface area contributed by atoms with Crippen LogP contribution in [0.3, 0.4) is 0 Å². The molecule has 1 atom stereocenters. The zero-order valence-electron chi connectivity index (χ0n) is 19.6. The van der Waals surface area contributed by atoms with Crippen molar-refractivity contribution in [2.24, 2.45) is 0 Å². The molecule has 32 heavy (non-hydrogen) atoms. The fraction of sp³-hybridized carbons (Fsp3) is 0.538. The second kappa shape index (κ2) is 9.80. The lowest BCUT2D eigenvalue weighted by atomic mass is 10.0. The van der Waals surface area contributed by atoms with E-state index in [0.717, 1.165) is 67.2 Å². The van der Waals surface area contributed by atoms with Gasteiger partial charge in [0, 0.05) is 49.0 Å².